The summed E-state index contributed by atoms with van der Waals surface area (Å²) < 4.78 is 1.76. The van der Waals surface area contributed by atoms with E-state index < -0.39 is 0 Å². The third-order valence-electron chi connectivity index (χ3n) is 2.43. The summed E-state index contributed by atoms with van der Waals surface area (Å²) in [6, 6.07) is 5.68. The summed E-state index contributed by atoms with van der Waals surface area (Å²) in [5.41, 5.74) is 7.45. The van der Waals surface area contributed by atoms with E-state index in [0.29, 0.717) is 11.6 Å². The Balaban J connectivity index is 2.37. The van der Waals surface area contributed by atoms with Gasteiger partial charge in [0.25, 0.3) is 0 Å². The number of aryl methyl sites for hydroxylation is 1. The first-order valence-corrected chi connectivity index (χ1v) is 5.42. The Hall–Kier alpha value is -1.39. The minimum Gasteiger partial charge on any atom is -0.328 e. The molecule has 0 saturated carbocycles. The summed E-state index contributed by atoms with van der Waals surface area (Å²) in [5.74, 6) is 0. The van der Waals surface area contributed by atoms with Crippen LogP contribution in [-0.4, -0.2) is 21.3 Å². The SMILES string of the molecule is Cc1nn(C(CN)c2ccccn2)cc1Cl. The summed E-state index contributed by atoms with van der Waals surface area (Å²) in [7, 11) is 0. The zero-order valence-corrected chi connectivity index (χ0v) is 9.72. The smallest absolute Gasteiger partial charge is 0.106 e. The fourth-order valence-electron chi connectivity index (χ4n) is 1.56. The maximum atomic E-state index is 5.97. The molecular formula is C11H13ClN4. The molecule has 0 aliphatic carbocycles. The molecule has 0 aliphatic rings. The number of pyridine rings is 1. The first-order valence-electron chi connectivity index (χ1n) is 5.04. The number of halogens is 1. The largest absolute Gasteiger partial charge is 0.328 e. The van der Waals surface area contributed by atoms with Crippen LogP contribution < -0.4 is 5.73 Å². The van der Waals surface area contributed by atoms with E-state index in [2.05, 4.69) is 10.1 Å². The summed E-state index contributed by atoms with van der Waals surface area (Å²) in [6.45, 7) is 2.30. The maximum Gasteiger partial charge on any atom is 0.106 e. The van der Waals surface area contributed by atoms with E-state index in [1.54, 1.807) is 17.1 Å². The minimum absolute atomic E-state index is 0.0626. The zero-order valence-electron chi connectivity index (χ0n) is 8.97. The molecule has 1 unspecified atom stereocenters. The number of rotatable bonds is 3. The molecule has 2 aromatic rings. The number of nitrogens with zero attached hydrogens (tertiary/aromatic N) is 3. The number of nitrogens with two attached hydrogens (primary N) is 1. The van der Waals surface area contributed by atoms with E-state index in [1.165, 1.54) is 0 Å². The molecule has 0 radical (unpaired) electrons. The van der Waals surface area contributed by atoms with E-state index in [9.17, 15) is 0 Å². The second kappa shape index (κ2) is 4.63. The lowest BCUT2D eigenvalue weighted by molar-refractivity contribution is 0.517. The molecule has 16 heavy (non-hydrogen) atoms. The van der Waals surface area contributed by atoms with Crippen molar-refractivity contribution in [2.24, 2.45) is 5.73 Å². The van der Waals surface area contributed by atoms with Crippen LogP contribution in [0.15, 0.2) is 30.6 Å². The highest BCUT2D eigenvalue weighted by Crippen LogP contribution is 2.19. The molecule has 84 valence electrons. The molecule has 0 saturated heterocycles. The predicted molar refractivity (Wildman–Crippen MR) is 63.4 cm³/mol. The third kappa shape index (κ3) is 2.08. The highest BCUT2D eigenvalue weighted by Gasteiger charge is 2.15. The van der Waals surface area contributed by atoms with E-state index >= 15 is 0 Å². The lowest BCUT2D eigenvalue weighted by Gasteiger charge is -2.14. The normalized spacial score (nSPS) is 12.7. The van der Waals surface area contributed by atoms with Crippen molar-refractivity contribution in [2.45, 2.75) is 13.0 Å². The summed E-state index contributed by atoms with van der Waals surface area (Å²) in [4.78, 5) is 4.28. The Morgan fingerprint density at radius 2 is 2.31 bits per heavy atom. The van der Waals surface area contributed by atoms with Crippen LogP contribution in [0.2, 0.25) is 5.02 Å². The topological polar surface area (TPSA) is 56.7 Å². The van der Waals surface area contributed by atoms with Gasteiger partial charge in [0.2, 0.25) is 0 Å². The standard InChI is InChI=1S/C11H13ClN4/c1-8-9(12)7-16(15-8)11(6-13)10-4-2-3-5-14-10/h2-5,7,11H,6,13H2,1H3. The molecule has 2 heterocycles. The second-order valence-electron chi connectivity index (χ2n) is 3.55. The molecule has 0 fully saturated rings. The molecule has 4 nitrogen and oxygen atoms in total. The number of hydrogen-bond donors (Lipinski definition) is 1. The van der Waals surface area contributed by atoms with Crippen molar-refractivity contribution in [2.75, 3.05) is 6.54 Å². The molecule has 2 N–H and O–H groups in total. The predicted octanol–water partition coefficient (Wildman–Crippen LogP) is 1.79. The molecule has 5 heteroatoms. The Kier molecular flexibility index (Phi) is 3.22. The molecule has 0 spiro atoms. The fourth-order valence-corrected chi connectivity index (χ4v) is 1.69. The summed E-state index contributed by atoms with van der Waals surface area (Å²) in [5, 5.41) is 4.97. The zero-order chi connectivity index (χ0) is 11.5. The van der Waals surface area contributed by atoms with E-state index in [-0.39, 0.29) is 6.04 Å². The van der Waals surface area contributed by atoms with Gasteiger partial charge in [0, 0.05) is 18.9 Å². The Morgan fingerprint density at radius 3 is 2.81 bits per heavy atom. The number of aromatic nitrogens is 3. The maximum absolute atomic E-state index is 5.97. The van der Waals surface area contributed by atoms with Gasteiger partial charge in [-0.3, -0.25) is 9.67 Å². The van der Waals surface area contributed by atoms with Crippen LogP contribution in [0.4, 0.5) is 0 Å². The van der Waals surface area contributed by atoms with Crippen LogP contribution in [0.3, 0.4) is 0 Å². The van der Waals surface area contributed by atoms with Crippen molar-refractivity contribution in [3.05, 3.63) is 47.0 Å². The van der Waals surface area contributed by atoms with E-state index in [1.807, 2.05) is 25.1 Å². The molecule has 1 atom stereocenters. The molecule has 0 aromatic carbocycles. The average molecular weight is 237 g/mol. The fraction of sp³-hybridized carbons (Fsp3) is 0.273. The van der Waals surface area contributed by atoms with Crippen molar-refractivity contribution < 1.29 is 0 Å². The van der Waals surface area contributed by atoms with Gasteiger partial charge in [-0.15, -0.1) is 0 Å². The van der Waals surface area contributed by atoms with E-state index in [4.69, 9.17) is 17.3 Å². The van der Waals surface area contributed by atoms with Gasteiger partial charge in [-0.05, 0) is 19.1 Å². The highest BCUT2D eigenvalue weighted by molar-refractivity contribution is 6.31. The van der Waals surface area contributed by atoms with Crippen LogP contribution in [0.25, 0.3) is 0 Å². The van der Waals surface area contributed by atoms with Crippen LogP contribution in [0.5, 0.6) is 0 Å². The van der Waals surface area contributed by atoms with Gasteiger partial charge < -0.3 is 5.73 Å². The van der Waals surface area contributed by atoms with Gasteiger partial charge >= 0.3 is 0 Å². The van der Waals surface area contributed by atoms with Crippen molar-refractivity contribution in [3.63, 3.8) is 0 Å². The van der Waals surface area contributed by atoms with Gasteiger partial charge in [0.15, 0.2) is 0 Å². The quantitative estimate of drug-likeness (QED) is 0.884. The molecule has 2 rings (SSSR count). The van der Waals surface area contributed by atoms with Gasteiger partial charge in [-0.1, -0.05) is 17.7 Å². The van der Waals surface area contributed by atoms with Crippen LogP contribution in [-0.2, 0) is 0 Å². The molecule has 0 amide bonds. The van der Waals surface area contributed by atoms with Crippen molar-refractivity contribution in [1.82, 2.24) is 14.8 Å². The number of hydrogen-bond acceptors (Lipinski definition) is 3. The lowest BCUT2D eigenvalue weighted by atomic mass is 10.2. The van der Waals surface area contributed by atoms with Gasteiger partial charge in [0.1, 0.15) is 6.04 Å². The highest BCUT2D eigenvalue weighted by atomic mass is 35.5. The molecule has 0 bridgehead atoms. The molecule has 0 aliphatic heterocycles. The first kappa shape index (κ1) is 11.1. The van der Waals surface area contributed by atoms with Crippen LogP contribution in [0.1, 0.15) is 17.4 Å². The Bertz CT molecular complexity index is 447. The second-order valence-corrected chi connectivity index (χ2v) is 3.96. The lowest BCUT2D eigenvalue weighted by Crippen LogP contribution is -2.21. The summed E-state index contributed by atoms with van der Waals surface area (Å²) >= 11 is 5.97. The average Bonchev–Trinajstić information content (AvgIpc) is 2.61. The van der Waals surface area contributed by atoms with Crippen LogP contribution in [0, 0.1) is 6.92 Å². The Morgan fingerprint density at radius 1 is 1.50 bits per heavy atom. The van der Waals surface area contributed by atoms with Gasteiger partial charge in [0.05, 0.1) is 16.4 Å². The van der Waals surface area contributed by atoms with Gasteiger partial charge in [-0.25, -0.2) is 0 Å². The first-order chi connectivity index (χ1) is 7.72. The van der Waals surface area contributed by atoms with Gasteiger partial charge in [-0.2, -0.15) is 5.10 Å². The molecule has 2 aromatic heterocycles. The Labute approximate surface area is 99.1 Å². The van der Waals surface area contributed by atoms with Crippen molar-refractivity contribution in [3.8, 4) is 0 Å². The van der Waals surface area contributed by atoms with Crippen molar-refractivity contribution in [1.29, 1.82) is 0 Å². The third-order valence-corrected chi connectivity index (χ3v) is 2.80. The minimum atomic E-state index is -0.0626. The summed E-state index contributed by atoms with van der Waals surface area (Å²) in [6.07, 6.45) is 3.53. The molecular weight excluding hydrogens is 224 g/mol. The van der Waals surface area contributed by atoms with E-state index in [0.717, 1.165) is 11.4 Å². The monoisotopic (exact) mass is 236 g/mol. The van der Waals surface area contributed by atoms with Crippen molar-refractivity contribution >= 4 is 11.6 Å². The van der Waals surface area contributed by atoms with Crippen LogP contribution >= 0.6 is 11.6 Å².